The van der Waals surface area contributed by atoms with Crippen molar-refractivity contribution in [3.05, 3.63) is 36.0 Å². The maximum atomic E-state index is 13.2. The second-order valence-corrected chi connectivity index (χ2v) is 11.2. The first kappa shape index (κ1) is 21.6. The number of nitrogens with zero attached hydrogens (tertiary/aromatic N) is 6. The zero-order chi connectivity index (χ0) is 24.5. The number of rotatable bonds is 4. The van der Waals surface area contributed by atoms with Crippen LogP contribution >= 0.6 is 0 Å². The SMILES string of the molecule is CS(=O)(=O)c1c([C@@H]2C[C@H]3CC[C@@H](C2)N3C(=O)c2cc(N)n[nH]2)nc2c(-c3cn[nH]c3)cnn2c1N. The van der Waals surface area contributed by atoms with Gasteiger partial charge in [0.2, 0.25) is 0 Å². The summed E-state index contributed by atoms with van der Waals surface area (Å²) in [5.41, 5.74) is 14.8. The molecule has 0 aromatic carbocycles. The van der Waals surface area contributed by atoms with Gasteiger partial charge in [0.25, 0.3) is 5.91 Å². The fraction of sp³-hybridized carbons (Fsp3) is 0.381. The summed E-state index contributed by atoms with van der Waals surface area (Å²) in [6.07, 6.45) is 8.90. The predicted molar refractivity (Wildman–Crippen MR) is 126 cm³/mol. The lowest BCUT2D eigenvalue weighted by atomic mass is 9.87. The van der Waals surface area contributed by atoms with Crippen LogP contribution in [-0.4, -0.2) is 72.6 Å². The molecule has 14 heteroatoms. The Balaban J connectivity index is 1.43. The Labute approximate surface area is 199 Å². The Kier molecular flexibility index (Phi) is 4.64. The third-order valence-electron chi connectivity index (χ3n) is 7.03. The smallest absolute Gasteiger partial charge is 0.272 e. The summed E-state index contributed by atoms with van der Waals surface area (Å²) < 4.78 is 27.1. The average Bonchev–Trinajstić information content (AvgIpc) is 3.58. The van der Waals surface area contributed by atoms with Crippen LogP contribution in [0.25, 0.3) is 16.8 Å². The van der Waals surface area contributed by atoms with Gasteiger partial charge in [-0.3, -0.25) is 15.0 Å². The van der Waals surface area contributed by atoms with Crippen molar-refractivity contribution < 1.29 is 13.2 Å². The summed E-state index contributed by atoms with van der Waals surface area (Å²) in [6.45, 7) is 0. The Hall–Kier alpha value is -3.94. The summed E-state index contributed by atoms with van der Waals surface area (Å²) in [5.74, 6) is -0.0476. The fourth-order valence-electron chi connectivity index (χ4n) is 5.59. The number of hydrogen-bond acceptors (Lipinski definition) is 9. The molecule has 2 aliphatic rings. The second-order valence-electron chi connectivity index (χ2n) is 9.24. The molecule has 35 heavy (non-hydrogen) atoms. The van der Waals surface area contributed by atoms with Crippen LogP contribution in [0.15, 0.2) is 29.6 Å². The molecule has 2 fully saturated rings. The third kappa shape index (κ3) is 3.35. The number of fused-ring (bicyclic) bond motifs is 3. The molecule has 1 amide bonds. The molecular formula is C21H24N10O3S. The monoisotopic (exact) mass is 496 g/mol. The lowest BCUT2D eigenvalue weighted by molar-refractivity contribution is 0.0562. The first-order chi connectivity index (χ1) is 16.7. The van der Waals surface area contributed by atoms with Crippen molar-refractivity contribution in [2.75, 3.05) is 17.7 Å². The van der Waals surface area contributed by atoms with Gasteiger partial charge < -0.3 is 16.4 Å². The van der Waals surface area contributed by atoms with E-state index in [1.165, 1.54) is 10.6 Å². The highest BCUT2D eigenvalue weighted by Crippen LogP contribution is 2.45. The number of aromatic nitrogens is 7. The standard InChI is InChI=1S/C21H24N10O3S/c1-35(33,34)18-17(27-20-14(11-7-24-25-8-11)9-26-31(20)19(18)23)10-4-12-2-3-13(5-10)30(12)21(32)15-6-16(22)29-28-15/h6-10,12-13H,2-5,23H2,1H3,(H,24,25)(H3,22,28,29)/t10-,12-,13+. The maximum Gasteiger partial charge on any atom is 0.272 e. The van der Waals surface area contributed by atoms with Gasteiger partial charge in [0.1, 0.15) is 22.2 Å². The van der Waals surface area contributed by atoms with E-state index < -0.39 is 9.84 Å². The van der Waals surface area contributed by atoms with Crippen molar-refractivity contribution >= 4 is 33.0 Å². The number of aromatic amines is 2. The quantitative estimate of drug-likeness (QED) is 0.318. The molecule has 6 rings (SSSR count). The molecule has 0 radical (unpaired) electrons. The van der Waals surface area contributed by atoms with E-state index in [1.54, 1.807) is 18.6 Å². The third-order valence-corrected chi connectivity index (χ3v) is 8.19. The Bertz CT molecular complexity index is 1540. The number of carbonyl (C=O) groups is 1. The summed E-state index contributed by atoms with van der Waals surface area (Å²) in [6, 6.07) is 1.42. The number of hydrogen-bond donors (Lipinski definition) is 4. The molecule has 6 heterocycles. The molecule has 2 aliphatic heterocycles. The summed E-state index contributed by atoms with van der Waals surface area (Å²) in [7, 11) is -3.71. The van der Waals surface area contributed by atoms with E-state index in [4.69, 9.17) is 16.5 Å². The molecule has 182 valence electrons. The number of anilines is 2. The number of nitrogen functional groups attached to an aromatic ring is 2. The highest BCUT2D eigenvalue weighted by molar-refractivity contribution is 7.91. The van der Waals surface area contributed by atoms with Gasteiger partial charge in [-0.05, 0) is 25.7 Å². The minimum Gasteiger partial charge on any atom is -0.382 e. The van der Waals surface area contributed by atoms with E-state index in [9.17, 15) is 13.2 Å². The van der Waals surface area contributed by atoms with E-state index in [0.29, 0.717) is 35.4 Å². The van der Waals surface area contributed by atoms with E-state index in [1.807, 2.05) is 4.90 Å². The molecule has 2 bridgehead atoms. The van der Waals surface area contributed by atoms with Crippen molar-refractivity contribution in [2.24, 2.45) is 0 Å². The minimum atomic E-state index is -3.71. The largest absolute Gasteiger partial charge is 0.382 e. The first-order valence-electron chi connectivity index (χ1n) is 11.2. The van der Waals surface area contributed by atoms with Gasteiger partial charge >= 0.3 is 0 Å². The molecule has 6 N–H and O–H groups in total. The molecule has 4 aromatic rings. The van der Waals surface area contributed by atoms with Gasteiger partial charge in [-0.25, -0.2) is 13.4 Å². The molecule has 4 aromatic heterocycles. The number of carbonyl (C=O) groups excluding carboxylic acids is 1. The Morgan fingerprint density at radius 1 is 1.17 bits per heavy atom. The molecule has 2 saturated heterocycles. The van der Waals surface area contributed by atoms with Gasteiger partial charge in [0.05, 0.1) is 18.1 Å². The number of nitrogens with two attached hydrogens (primary N) is 2. The van der Waals surface area contributed by atoms with Crippen LogP contribution < -0.4 is 11.5 Å². The van der Waals surface area contributed by atoms with Gasteiger partial charge in [0, 0.05) is 47.6 Å². The zero-order valence-corrected chi connectivity index (χ0v) is 19.7. The van der Waals surface area contributed by atoms with Crippen LogP contribution in [0.3, 0.4) is 0 Å². The molecule has 0 aliphatic carbocycles. The van der Waals surface area contributed by atoms with Crippen LogP contribution in [0.1, 0.15) is 47.8 Å². The summed E-state index contributed by atoms with van der Waals surface area (Å²) in [5, 5.41) is 17.6. The highest BCUT2D eigenvalue weighted by atomic mass is 32.2. The minimum absolute atomic E-state index is 0.00244. The number of amides is 1. The van der Waals surface area contributed by atoms with E-state index >= 15 is 0 Å². The molecule has 13 nitrogen and oxygen atoms in total. The van der Waals surface area contributed by atoms with Crippen molar-refractivity contribution in [1.29, 1.82) is 0 Å². The van der Waals surface area contributed by atoms with Gasteiger partial charge in [-0.2, -0.15) is 19.8 Å². The highest BCUT2D eigenvalue weighted by Gasteiger charge is 2.46. The zero-order valence-electron chi connectivity index (χ0n) is 18.8. The Morgan fingerprint density at radius 2 is 1.91 bits per heavy atom. The molecule has 0 saturated carbocycles. The lowest BCUT2D eigenvalue weighted by Crippen LogP contribution is -2.46. The Morgan fingerprint density at radius 3 is 2.51 bits per heavy atom. The normalized spacial score (nSPS) is 22.2. The summed E-state index contributed by atoms with van der Waals surface area (Å²) in [4.78, 5) is 19.9. The number of nitrogens with one attached hydrogen (secondary N) is 2. The molecule has 0 unspecified atom stereocenters. The van der Waals surface area contributed by atoms with Gasteiger partial charge in [-0.1, -0.05) is 0 Å². The molecular weight excluding hydrogens is 472 g/mol. The topological polar surface area (TPSA) is 194 Å². The number of piperidine rings is 1. The van der Waals surface area contributed by atoms with Crippen molar-refractivity contribution in [3.63, 3.8) is 0 Å². The lowest BCUT2D eigenvalue weighted by Gasteiger charge is -2.39. The van der Waals surface area contributed by atoms with Crippen LogP contribution in [0.4, 0.5) is 11.6 Å². The number of sulfone groups is 1. The van der Waals surface area contributed by atoms with E-state index in [0.717, 1.165) is 24.7 Å². The van der Waals surface area contributed by atoms with Crippen LogP contribution in [0.2, 0.25) is 0 Å². The maximum absolute atomic E-state index is 13.2. The van der Waals surface area contributed by atoms with Crippen molar-refractivity contribution in [3.8, 4) is 11.1 Å². The molecule has 3 atom stereocenters. The fourth-order valence-corrected chi connectivity index (χ4v) is 6.65. The second kappa shape index (κ2) is 7.53. The summed E-state index contributed by atoms with van der Waals surface area (Å²) >= 11 is 0. The van der Waals surface area contributed by atoms with Gasteiger partial charge in [-0.15, -0.1) is 0 Å². The number of H-pyrrole nitrogens is 2. The van der Waals surface area contributed by atoms with Gasteiger partial charge in [0.15, 0.2) is 15.5 Å². The van der Waals surface area contributed by atoms with E-state index in [-0.39, 0.29) is 40.4 Å². The predicted octanol–water partition coefficient (Wildman–Crippen LogP) is 0.961. The van der Waals surface area contributed by atoms with Crippen molar-refractivity contribution in [2.45, 2.75) is 48.6 Å². The van der Waals surface area contributed by atoms with E-state index in [2.05, 4.69) is 25.5 Å². The van der Waals surface area contributed by atoms with Crippen LogP contribution in [0.5, 0.6) is 0 Å². The van der Waals surface area contributed by atoms with Crippen molar-refractivity contribution in [1.82, 2.24) is 39.9 Å². The van der Waals surface area contributed by atoms with Crippen LogP contribution in [0, 0.1) is 0 Å². The van der Waals surface area contributed by atoms with Crippen LogP contribution in [-0.2, 0) is 9.84 Å². The average molecular weight is 497 g/mol. The molecule has 0 spiro atoms. The first-order valence-corrected chi connectivity index (χ1v) is 13.1.